The number of likely N-dealkylation sites (N-methyl/N-ethyl adjacent to an activating group) is 1. The molecule has 0 bridgehead atoms. The molecule has 1 unspecified atom stereocenters. The predicted molar refractivity (Wildman–Crippen MR) is 75.3 cm³/mol. The maximum absolute atomic E-state index is 12.1. The second-order valence-corrected chi connectivity index (χ2v) is 6.75. The first-order valence-corrected chi connectivity index (χ1v) is 7.92. The Morgan fingerprint density at radius 2 is 2.05 bits per heavy atom. The number of hydrogen-bond acceptors (Lipinski definition) is 7. The zero-order valence-electron chi connectivity index (χ0n) is 11.6. The van der Waals surface area contributed by atoms with Crippen LogP contribution in [-0.4, -0.2) is 49.0 Å². The lowest BCUT2D eigenvalue weighted by molar-refractivity contribution is 0.248. The van der Waals surface area contributed by atoms with Crippen LogP contribution < -0.4 is 16.0 Å². The van der Waals surface area contributed by atoms with Crippen molar-refractivity contribution in [3.8, 4) is 0 Å². The summed E-state index contributed by atoms with van der Waals surface area (Å²) in [6.45, 7) is 2.35. The minimum Gasteiger partial charge on any atom is -0.299 e. The molecule has 0 spiro atoms. The quantitative estimate of drug-likeness (QED) is 0.460. The Bertz CT molecular complexity index is 543. The Balaban J connectivity index is 1.95. The van der Waals surface area contributed by atoms with Crippen LogP contribution in [0, 0.1) is 0 Å². The zero-order chi connectivity index (χ0) is 14.8. The highest BCUT2D eigenvalue weighted by molar-refractivity contribution is 7.89. The van der Waals surface area contributed by atoms with Gasteiger partial charge in [-0.3, -0.25) is 10.3 Å². The number of rotatable bonds is 7. The van der Waals surface area contributed by atoms with Crippen LogP contribution >= 0.6 is 0 Å². The Morgan fingerprint density at radius 1 is 1.45 bits per heavy atom. The SMILES string of the molecule is CC(CNS(=O)(=O)c1cnc(NN)nc1)N(C)C1CC1. The van der Waals surface area contributed by atoms with Crippen LogP contribution in [0.5, 0.6) is 0 Å². The monoisotopic (exact) mass is 300 g/mol. The second-order valence-electron chi connectivity index (χ2n) is 4.98. The van der Waals surface area contributed by atoms with Crippen molar-refractivity contribution in [1.29, 1.82) is 0 Å². The molecule has 1 saturated carbocycles. The van der Waals surface area contributed by atoms with E-state index >= 15 is 0 Å². The van der Waals surface area contributed by atoms with Crippen LogP contribution in [-0.2, 0) is 10.0 Å². The zero-order valence-corrected chi connectivity index (χ0v) is 12.4. The molecule has 4 N–H and O–H groups in total. The summed E-state index contributed by atoms with van der Waals surface area (Å²) in [7, 11) is -1.57. The van der Waals surface area contributed by atoms with Crippen molar-refractivity contribution in [3.05, 3.63) is 12.4 Å². The average molecular weight is 300 g/mol. The van der Waals surface area contributed by atoms with Gasteiger partial charge in [0.1, 0.15) is 4.90 Å². The summed E-state index contributed by atoms with van der Waals surface area (Å²) in [6.07, 6.45) is 4.82. The first-order chi connectivity index (χ1) is 9.44. The Morgan fingerprint density at radius 3 is 2.55 bits per heavy atom. The van der Waals surface area contributed by atoms with Crippen LogP contribution in [0.25, 0.3) is 0 Å². The molecule has 0 aromatic carbocycles. The number of hydrogen-bond donors (Lipinski definition) is 3. The van der Waals surface area contributed by atoms with Gasteiger partial charge in [-0.25, -0.2) is 29.0 Å². The van der Waals surface area contributed by atoms with Gasteiger partial charge in [-0.1, -0.05) is 0 Å². The molecule has 1 heterocycles. The molecule has 20 heavy (non-hydrogen) atoms. The van der Waals surface area contributed by atoms with E-state index in [1.807, 2.05) is 14.0 Å². The van der Waals surface area contributed by atoms with E-state index in [2.05, 4.69) is 25.0 Å². The molecule has 0 amide bonds. The molecule has 112 valence electrons. The first-order valence-electron chi connectivity index (χ1n) is 6.44. The average Bonchev–Trinajstić information content (AvgIpc) is 3.28. The van der Waals surface area contributed by atoms with Gasteiger partial charge in [-0.05, 0) is 26.8 Å². The number of aromatic nitrogens is 2. The number of nitrogen functional groups attached to an aromatic ring is 1. The summed E-state index contributed by atoms with van der Waals surface area (Å²) in [5, 5.41) is 0. The topological polar surface area (TPSA) is 113 Å². The van der Waals surface area contributed by atoms with Gasteiger partial charge in [0.15, 0.2) is 0 Å². The molecule has 1 fully saturated rings. The van der Waals surface area contributed by atoms with Crippen molar-refractivity contribution in [2.24, 2.45) is 5.84 Å². The van der Waals surface area contributed by atoms with E-state index in [-0.39, 0.29) is 16.9 Å². The number of sulfonamides is 1. The highest BCUT2D eigenvalue weighted by Gasteiger charge is 2.29. The Kier molecular flexibility index (Phi) is 4.53. The van der Waals surface area contributed by atoms with Crippen LogP contribution in [0.1, 0.15) is 19.8 Å². The van der Waals surface area contributed by atoms with Gasteiger partial charge >= 0.3 is 0 Å². The minimum atomic E-state index is -3.59. The van der Waals surface area contributed by atoms with Crippen LogP contribution in [0.15, 0.2) is 17.3 Å². The molecule has 1 aromatic heterocycles. The number of nitrogens with zero attached hydrogens (tertiary/aromatic N) is 3. The van der Waals surface area contributed by atoms with Crippen LogP contribution in [0.4, 0.5) is 5.95 Å². The first kappa shape index (κ1) is 15.1. The summed E-state index contributed by atoms with van der Waals surface area (Å²) in [5.41, 5.74) is 2.25. The summed E-state index contributed by atoms with van der Waals surface area (Å²) in [5.74, 6) is 5.30. The van der Waals surface area contributed by atoms with Crippen LogP contribution in [0.2, 0.25) is 0 Å². The third-order valence-corrected chi connectivity index (χ3v) is 4.83. The largest absolute Gasteiger partial charge is 0.299 e. The fourth-order valence-corrected chi connectivity index (χ4v) is 2.84. The van der Waals surface area contributed by atoms with Crippen molar-refractivity contribution < 1.29 is 8.42 Å². The molecule has 1 aromatic rings. The normalized spacial score (nSPS) is 17.2. The van der Waals surface area contributed by atoms with E-state index in [1.54, 1.807) is 0 Å². The summed E-state index contributed by atoms with van der Waals surface area (Å²) >= 11 is 0. The molecule has 0 saturated heterocycles. The molecule has 9 heteroatoms. The van der Waals surface area contributed by atoms with E-state index in [1.165, 1.54) is 25.2 Å². The van der Waals surface area contributed by atoms with Crippen LogP contribution in [0.3, 0.4) is 0 Å². The molecular weight excluding hydrogens is 280 g/mol. The number of nitrogens with one attached hydrogen (secondary N) is 2. The molecular formula is C11H20N6O2S. The lowest BCUT2D eigenvalue weighted by Gasteiger charge is -2.24. The lowest BCUT2D eigenvalue weighted by atomic mass is 10.3. The number of anilines is 1. The van der Waals surface area contributed by atoms with Crippen molar-refractivity contribution in [1.82, 2.24) is 19.6 Å². The van der Waals surface area contributed by atoms with E-state index in [0.717, 1.165) is 0 Å². The fraction of sp³-hybridized carbons (Fsp3) is 0.636. The maximum atomic E-state index is 12.1. The van der Waals surface area contributed by atoms with E-state index in [4.69, 9.17) is 5.84 Å². The van der Waals surface area contributed by atoms with Gasteiger partial charge in [0.05, 0.1) is 12.4 Å². The van der Waals surface area contributed by atoms with E-state index in [9.17, 15) is 8.42 Å². The Hall–Kier alpha value is -1.29. The van der Waals surface area contributed by atoms with E-state index < -0.39 is 10.0 Å². The third-order valence-electron chi connectivity index (χ3n) is 3.45. The fourth-order valence-electron chi connectivity index (χ4n) is 1.83. The molecule has 1 aliphatic rings. The Labute approximate surface area is 118 Å². The van der Waals surface area contributed by atoms with Crippen molar-refractivity contribution in [3.63, 3.8) is 0 Å². The van der Waals surface area contributed by atoms with Gasteiger partial charge in [0.2, 0.25) is 16.0 Å². The summed E-state index contributed by atoms with van der Waals surface area (Å²) < 4.78 is 26.7. The van der Waals surface area contributed by atoms with Crippen molar-refractivity contribution in [2.75, 3.05) is 19.0 Å². The van der Waals surface area contributed by atoms with Gasteiger partial charge in [0.25, 0.3) is 0 Å². The maximum Gasteiger partial charge on any atom is 0.243 e. The van der Waals surface area contributed by atoms with Gasteiger partial charge in [-0.2, -0.15) is 0 Å². The molecule has 1 atom stereocenters. The number of nitrogens with two attached hydrogens (primary N) is 1. The van der Waals surface area contributed by atoms with Crippen molar-refractivity contribution >= 4 is 16.0 Å². The predicted octanol–water partition coefficient (Wildman–Crippen LogP) is -0.477. The van der Waals surface area contributed by atoms with E-state index in [0.29, 0.717) is 12.6 Å². The van der Waals surface area contributed by atoms with Gasteiger partial charge in [0, 0.05) is 18.6 Å². The molecule has 0 aliphatic heterocycles. The highest BCUT2D eigenvalue weighted by Crippen LogP contribution is 2.26. The summed E-state index contributed by atoms with van der Waals surface area (Å²) in [6, 6.07) is 0.732. The molecule has 2 rings (SSSR count). The smallest absolute Gasteiger partial charge is 0.243 e. The summed E-state index contributed by atoms with van der Waals surface area (Å²) in [4.78, 5) is 9.79. The molecule has 1 aliphatic carbocycles. The van der Waals surface area contributed by atoms with Crippen molar-refractivity contribution in [2.45, 2.75) is 36.7 Å². The second kappa shape index (κ2) is 6.00. The van der Waals surface area contributed by atoms with Gasteiger partial charge in [-0.15, -0.1) is 0 Å². The number of hydrazine groups is 1. The van der Waals surface area contributed by atoms with Gasteiger partial charge < -0.3 is 0 Å². The lowest BCUT2D eigenvalue weighted by Crippen LogP contribution is -2.41. The molecule has 0 radical (unpaired) electrons. The minimum absolute atomic E-state index is 0.0257. The highest BCUT2D eigenvalue weighted by atomic mass is 32.2. The standard InChI is InChI=1S/C11H20N6O2S/c1-8(17(2)9-3-4-9)5-15-20(18,19)10-6-13-11(16-12)14-7-10/h6-9,15H,3-5,12H2,1-2H3,(H,13,14,16). The molecule has 8 nitrogen and oxygen atoms in total. The third kappa shape index (κ3) is 3.63.